The van der Waals surface area contributed by atoms with Gasteiger partial charge in [0.15, 0.2) is 4.77 Å². The van der Waals surface area contributed by atoms with Crippen molar-refractivity contribution in [1.29, 1.82) is 0 Å². The van der Waals surface area contributed by atoms with Crippen LogP contribution in [0.2, 0.25) is 0 Å². The van der Waals surface area contributed by atoms with Crippen LogP contribution < -0.4 is 11.3 Å². The Labute approximate surface area is 112 Å². The fraction of sp³-hybridized carbons (Fsp3) is 0.364. The van der Waals surface area contributed by atoms with Crippen LogP contribution in [0.25, 0.3) is 10.2 Å². The lowest BCUT2D eigenvalue weighted by Gasteiger charge is -2.21. The Morgan fingerprint density at radius 3 is 2.89 bits per heavy atom. The van der Waals surface area contributed by atoms with E-state index in [9.17, 15) is 9.59 Å². The third-order valence-electron chi connectivity index (χ3n) is 2.83. The zero-order chi connectivity index (χ0) is 13.5. The highest BCUT2D eigenvalue weighted by atomic mass is 32.1. The maximum absolute atomic E-state index is 12.2. The molecule has 0 saturated carbocycles. The summed E-state index contributed by atoms with van der Waals surface area (Å²) in [6, 6.07) is 1.74. The van der Waals surface area contributed by atoms with Gasteiger partial charge in [-0.2, -0.15) is 0 Å². The number of nitrogens with one attached hydrogen (secondary N) is 1. The Bertz CT molecular complexity index is 724. The van der Waals surface area contributed by atoms with Crippen molar-refractivity contribution in [3.63, 3.8) is 0 Å². The third kappa shape index (κ3) is 2.11. The van der Waals surface area contributed by atoms with Crippen molar-refractivity contribution in [3.8, 4) is 0 Å². The second-order valence-corrected chi connectivity index (χ2v) is 6.04. The van der Waals surface area contributed by atoms with Crippen LogP contribution >= 0.6 is 23.6 Å². The molecule has 0 atom stereocenters. The molecule has 2 aromatic heterocycles. The van der Waals surface area contributed by atoms with Crippen LogP contribution in [0, 0.1) is 10.2 Å². The molecule has 0 radical (unpaired) electrons. The summed E-state index contributed by atoms with van der Waals surface area (Å²) in [4.78, 5) is 27.3. The number of carbonyl (C=O) groups is 1. The smallest absolute Gasteiger partial charge is 0.263 e. The van der Waals surface area contributed by atoms with Crippen molar-refractivity contribution in [2.24, 2.45) is 11.1 Å². The highest BCUT2D eigenvalue weighted by Crippen LogP contribution is 2.19. The molecule has 5 nitrogen and oxygen atoms in total. The molecule has 0 unspecified atom stereocenters. The zero-order valence-electron chi connectivity index (χ0n) is 10.0. The molecule has 3 N–H and O–H groups in total. The van der Waals surface area contributed by atoms with Crippen LogP contribution in [-0.4, -0.2) is 15.5 Å². The van der Waals surface area contributed by atoms with E-state index in [0.717, 1.165) is 4.83 Å². The lowest BCUT2D eigenvalue weighted by Crippen LogP contribution is -2.38. The zero-order valence-corrected chi connectivity index (χ0v) is 11.7. The second kappa shape index (κ2) is 4.33. The van der Waals surface area contributed by atoms with E-state index in [4.69, 9.17) is 18.0 Å². The number of primary amides is 1. The molecule has 0 fully saturated rings. The van der Waals surface area contributed by atoms with Gasteiger partial charge in [0.05, 0.1) is 10.8 Å². The molecule has 0 saturated heterocycles. The molecule has 7 heteroatoms. The Kier molecular flexibility index (Phi) is 3.12. The number of fused-ring (bicyclic) bond motifs is 1. The summed E-state index contributed by atoms with van der Waals surface area (Å²) in [5, 5.41) is 2.40. The Balaban J connectivity index is 2.62. The van der Waals surface area contributed by atoms with Gasteiger partial charge in [-0.05, 0) is 37.5 Å². The van der Waals surface area contributed by atoms with Crippen molar-refractivity contribution in [2.75, 3.05) is 0 Å². The van der Waals surface area contributed by atoms with Gasteiger partial charge in [-0.15, -0.1) is 11.3 Å². The minimum atomic E-state index is -0.824. The van der Waals surface area contributed by atoms with Crippen molar-refractivity contribution in [2.45, 2.75) is 20.4 Å². The molecule has 96 valence electrons. The fourth-order valence-corrected chi connectivity index (χ4v) is 2.69. The van der Waals surface area contributed by atoms with Gasteiger partial charge in [0.25, 0.3) is 5.56 Å². The summed E-state index contributed by atoms with van der Waals surface area (Å²) < 4.78 is 1.69. The predicted molar refractivity (Wildman–Crippen MR) is 74.2 cm³/mol. The third-order valence-corrected chi connectivity index (χ3v) is 3.98. The van der Waals surface area contributed by atoms with Gasteiger partial charge in [0.2, 0.25) is 5.91 Å². The molecule has 2 aromatic rings. The van der Waals surface area contributed by atoms with Gasteiger partial charge in [-0.25, -0.2) is 0 Å². The van der Waals surface area contributed by atoms with Gasteiger partial charge < -0.3 is 10.7 Å². The van der Waals surface area contributed by atoms with Gasteiger partial charge in [-0.3, -0.25) is 14.2 Å². The van der Waals surface area contributed by atoms with Gasteiger partial charge in [-0.1, -0.05) is 0 Å². The van der Waals surface area contributed by atoms with Crippen LogP contribution in [-0.2, 0) is 11.3 Å². The number of carbonyl (C=O) groups excluding carboxylic acids is 1. The molecule has 0 spiro atoms. The first-order valence-electron chi connectivity index (χ1n) is 5.33. The van der Waals surface area contributed by atoms with Crippen molar-refractivity contribution < 1.29 is 4.79 Å². The molecule has 0 bridgehead atoms. The quantitative estimate of drug-likeness (QED) is 0.840. The van der Waals surface area contributed by atoms with Crippen LogP contribution in [0.5, 0.6) is 0 Å². The SMILES string of the molecule is CC(C)(Cn1c(=S)[nH]c2sccc2c1=O)C(N)=O. The van der Waals surface area contributed by atoms with Gasteiger partial charge >= 0.3 is 0 Å². The van der Waals surface area contributed by atoms with Crippen LogP contribution in [0.3, 0.4) is 0 Å². The fourth-order valence-electron chi connectivity index (χ4n) is 1.59. The van der Waals surface area contributed by atoms with Crippen molar-refractivity contribution in [1.82, 2.24) is 9.55 Å². The first kappa shape index (κ1) is 13.0. The van der Waals surface area contributed by atoms with Crippen molar-refractivity contribution in [3.05, 3.63) is 26.6 Å². The summed E-state index contributed by atoms with van der Waals surface area (Å²) in [6.45, 7) is 3.55. The topological polar surface area (TPSA) is 80.9 Å². The number of hydrogen-bond donors (Lipinski definition) is 2. The van der Waals surface area contributed by atoms with Crippen LogP contribution in [0.1, 0.15) is 13.8 Å². The van der Waals surface area contributed by atoms with Gasteiger partial charge in [0.1, 0.15) is 4.83 Å². The maximum atomic E-state index is 12.2. The average Bonchev–Trinajstić information content (AvgIpc) is 2.72. The lowest BCUT2D eigenvalue weighted by molar-refractivity contribution is -0.126. The monoisotopic (exact) mass is 283 g/mol. The molecule has 0 aliphatic carbocycles. The predicted octanol–water partition coefficient (Wildman–Crippen LogP) is 1.63. The number of nitrogens with two attached hydrogens (primary N) is 1. The number of rotatable bonds is 3. The largest absolute Gasteiger partial charge is 0.369 e. The van der Waals surface area contributed by atoms with E-state index in [1.807, 2.05) is 5.38 Å². The number of aromatic nitrogens is 2. The molecular formula is C11H13N3O2S2. The number of thiophene rings is 1. The van der Waals surface area contributed by atoms with E-state index < -0.39 is 11.3 Å². The Morgan fingerprint density at radius 1 is 1.61 bits per heavy atom. The molecule has 1 amide bonds. The molecule has 2 rings (SSSR count). The van der Waals surface area contributed by atoms with E-state index in [0.29, 0.717) is 10.2 Å². The van der Waals surface area contributed by atoms with Crippen LogP contribution in [0.4, 0.5) is 0 Å². The molecule has 18 heavy (non-hydrogen) atoms. The Morgan fingerprint density at radius 2 is 2.28 bits per heavy atom. The molecule has 0 aliphatic rings. The summed E-state index contributed by atoms with van der Waals surface area (Å²) in [6.07, 6.45) is 0. The standard InChI is InChI=1S/C11H13N3O2S2/c1-11(2,9(12)16)5-14-8(15)6-3-4-18-7(6)13-10(14)17/h3-4H,5H2,1-2H3,(H2,12,16)(H,13,17). The highest BCUT2D eigenvalue weighted by molar-refractivity contribution is 7.71. The number of amides is 1. The second-order valence-electron chi connectivity index (χ2n) is 4.73. The van der Waals surface area contributed by atoms with Crippen molar-refractivity contribution >= 4 is 39.7 Å². The minimum absolute atomic E-state index is 0.169. The summed E-state index contributed by atoms with van der Waals surface area (Å²) >= 11 is 6.57. The van der Waals surface area contributed by atoms with E-state index in [2.05, 4.69) is 4.98 Å². The Hall–Kier alpha value is -1.47. The average molecular weight is 283 g/mol. The van der Waals surface area contributed by atoms with E-state index in [-0.39, 0.29) is 12.1 Å². The number of nitrogens with zero attached hydrogens (tertiary/aromatic N) is 1. The molecule has 2 heterocycles. The van der Waals surface area contributed by atoms with E-state index >= 15 is 0 Å². The first-order valence-corrected chi connectivity index (χ1v) is 6.62. The minimum Gasteiger partial charge on any atom is -0.369 e. The van der Waals surface area contributed by atoms with Gasteiger partial charge in [0, 0.05) is 6.54 Å². The molecular weight excluding hydrogens is 270 g/mol. The summed E-state index contributed by atoms with van der Waals surface area (Å²) in [5.74, 6) is -0.464. The molecule has 0 aliphatic heterocycles. The maximum Gasteiger partial charge on any atom is 0.263 e. The van der Waals surface area contributed by atoms with E-state index in [1.54, 1.807) is 19.9 Å². The highest BCUT2D eigenvalue weighted by Gasteiger charge is 2.26. The lowest BCUT2D eigenvalue weighted by atomic mass is 9.93. The summed E-state index contributed by atoms with van der Waals surface area (Å²) in [5.41, 5.74) is 4.30. The number of H-pyrrole nitrogens is 1. The normalized spacial score (nSPS) is 11.9. The summed E-state index contributed by atoms with van der Waals surface area (Å²) in [7, 11) is 0. The number of aromatic amines is 1. The van der Waals surface area contributed by atoms with E-state index in [1.165, 1.54) is 15.9 Å². The first-order chi connectivity index (χ1) is 8.33. The number of hydrogen-bond acceptors (Lipinski definition) is 4. The molecule has 0 aromatic carbocycles. The van der Waals surface area contributed by atoms with Crippen LogP contribution in [0.15, 0.2) is 16.2 Å².